The average Bonchev–Trinajstić information content (AvgIpc) is 2.28. The molecule has 6 heteroatoms. The minimum Gasteiger partial charge on any atom is -0.346 e. The van der Waals surface area contributed by atoms with E-state index < -0.39 is 10.8 Å². The number of nitro benzene ring substituents is 1. The second-order valence-corrected chi connectivity index (χ2v) is 3.77. The lowest BCUT2D eigenvalue weighted by Gasteiger charge is -2.10. The number of nitrogens with zero attached hydrogens (tertiary/aromatic N) is 1. The van der Waals surface area contributed by atoms with E-state index >= 15 is 0 Å². The number of nitrogens with one attached hydrogen (secondary N) is 1. The number of halogens is 1. The van der Waals surface area contributed by atoms with Gasteiger partial charge in [0.25, 0.3) is 11.6 Å². The first-order chi connectivity index (χ1) is 7.97. The van der Waals surface area contributed by atoms with Crippen molar-refractivity contribution in [2.45, 2.75) is 13.0 Å². The third-order valence-corrected chi connectivity index (χ3v) is 2.53. The summed E-state index contributed by atoms with van der Waals surface area (Å²) in [6.45, 7) is 5.25. The molecular weight excluding hydrogens is 244 g/mol. The van der Waals surface area contributed by atoms with Gasteiger partial charge in [-0.3, -0.25) is 14.9 Å². The van der Waals surface area contributed by atoms with Crippen molar-refractivity contribution in [3.05, 3.63) is 51.6 Å². The van der Waals surface area contributed by atoms with Crippen LogP contribution >= 0.6 is 11.6 Å². The summed E-state index contributed by atoms with van der Waals surface area (Å²) < 4.78 is 0. The zero-order valence-electron chi connectivity index (χ0n) is 9.14. The van der Waals surface area contributed by atoms with E-state index in [-0.39, 0.29) is 22.3 Å². The molecule has 0 saturated heterocycles. The van der Waals surface area contributed by atoms with E-state index in [2.05, 4.69) is 11.9 Å². The lowest BCUT2D eigenvalue weighted by Crippen LogP contribution is -2.31. The van der Waals surface area contributed by atoms with Crippen molar-refractivity contribution in [2.75, 3.05) is 0 Å². The number of benzene rings is 1. The molecule has 1 N–H and O–H groups in total. The lowest BCUT2D eigenvalue weighted by atomic mass is 10.1. The molecule has 0 bridgehead atoms. The van der Waals surface area contributed by atoms with Crippen LogP contribution in [0.5, 0.6) is 0 Å². The number of carbonyl (C=O) groups is 1. The highest BCUT2D eigenvalue weighted by atomic mass is 35.5. The van der Waals surface area contributed by atoms with Crippen LogP contribution in [-0.2, 0) is 0 Å². The van der Waals surface area contributed by atoms with E-state index in [0.29, 0.717) is 0 Å². The Morgan fingerprint density at radius 1 is 1.65 bits per heavy atom. The van der Waals surface area contributed by atoms with Gasteiger partial charge in [-0.1, -0.05) is 23.7 Å². The third kappa shape index (κ3) is 3.04. The standard InChI is InChI=1S/C11H11ClN2O3/c1-3-7(2)13-11(15)8-5-4-6-9(10(8)12)14(16)17/h3-7H,1H2,2H3,(H,13,15). The van der Waals surface area contributed by atoms with Gasteiger partial charge in [0.2, 0.25) is 0 Å². The van der Waals surface area contributed by atoms with Gasteiger partial charge in [-0.25, -0.2) is 0 Å². The van der Waals surface area contributed by atoms with Crippen LogP contribution in [0.3, 0.4) is 0 Å². The largest absolute Gasteiger partial charge is 0.346 e. The van der Waals surface area contributed by atoms with Crippen LogP contribution < -0.4 is 5.32 Å². The summed E-state index contributed by atoms with van der Waals surface area (Å²) >= 11 is 5.80. The molecule has 0 fully saturated rings. The number of carbonyl (C=O) groups excluding carboxylic acids is 1. The van der Waals surface area contributed by atoms with Crippen molar-refractivity contribution in [3.63, 3.8) is 0 Å². The molecule has 17 heavy (non-hydrogen) atoms. The maximum absolute atomic E-state index is 11.7. The van der Waals surface area contributed by atoms with Crippen molar-refractivity contribution in [2.24, 2.45) is 0 Å². The van der Waals surface area contributed by atoms with Crippen LogP contribution in [0.25, 0.3) is 0 Å². The van der Waals surface area contributed by atoms with Gasteiger partial charge in [0.15, 0.2) is 0 Å². The maximum Gasteiger partial charge on any atom is 0.288 e. The van der Waals surface area contributed by atoms with Crippen molar-refractivity contribution < 1.29 is 9.72 Å². The molecule has 90 valence electrons. The smallest absolute Gasteiger partial charge is 0.288 e. The minimum atomic E-state index is -0.629. The molecule has 0 radical (unpaired) electrons. The zero-order chi connectivity index (χ0) is 13.0. The van der Waals surface area contributed by atoms with E-state index in [1.54, 1.807) is 13.0 Å². The predicted molar refractivity (Wildman–Crippen MR) is 65.2 cm³/mol. The summed E-state index contributed by atoms with van der Waals surface area (Å²) in [5, 5.41) is 13.1. The fourth-order valence-electron chi connectivity index (χ4n) is 1.18. The predicted octanol–water partition coefficient (Wildman–Crippen LogP) is 2.55. The Hall–Kier alpha value is -1.88. The van der Waals surface area contributed by atoms with Crippen LogP contribution in [0.4, 0.5) is 5.69 Å². The van der Waals surface area contributed by atoms with Crippen molar-refractivity contribution in [1.29, 1.82) is 0 Å². The first-order valence-corrected chi connectivity index (χ1v) is 5.21. The number of hydrogen-bond donors (Lipinski definition) is 1. The van der Waals surface area contributed by atoms with E-state index in [4.69, 9.17) is 11.6 Å². The van der Waals surface area contributed by atoms with Crippen LogP contribution in [0.1, 0.15) is 17.3 Å². The van der Waals surface area contributed by atoms with Crippen molar-refractivity contribution in [1.82, 2.24) is 5.32 Å². The van der Waals surface area contributed by atoms with Gasteiger partial charge in [-0.05, 0) is 13.0 Å². The maximum atomic E-state index is 11.7. The average molecular weight is 255 g/mol. The van der Waals surface area contributed by atoms with Gasteiger partial charge in [-0.15, -0.1) is 6.58 Å². The minimum absolute atomic E-state index is 0.0783. The summed E-state index contributed by atoms with van der Waals surface area (Å²) in [4.78, 5) is 21.8. The Morgan fingerprint density at radius 2 is 2.29 bits per heavy atom. The molecular formula is C11H11ClN2O3. The van der Waals surface area contributed by atoms with Crippen molar-refractivity contribution >= 4 is 23.2 Å². The SMILES string of the molecule is C=CC(C)NC(=O)c1cccc([N+](=O)[O-])c1Cl. The van der Waals surface area contributed by atoms with E-state index in [1.165, 1.54) is 18.2 Å². The summed E-state index contributed by atoms with van der Waals surface area (Å²) in [6.07, 6.45) is 1.54. The first-order valence-electron chi connectivity index (χ1n) is 4.83. The molecule has 1 amide bonds. The van der Waals surface area contributed by atoms with Gasteiger partial charge in [0.1, 0.15) is 5.02 Å². The van der Waals surface area contributed by atoms with Crippen LogP contribution in [-0.4, -0.2) is 16.9 Å². The second kappa shape index (κ2) is 5.45. The topological polar surface area (TPSA) is 72.2 Å². The Labute approximate surface area is 103 Å². The van der Waals surface area contributed by atoms with Gasteiger partial charge in [-0.2, -0.15) is 0 Å². The molecule has 1 aromatic carbocycles. The van der Waals surface area contributed by atoms with E-state index in [0.717, 1.165) is 0 Å². The number of amides is 1. The lowest BCUT2D eigenvalue weighted by molar-refractivity contribution is -0.384. The Balaban J connectivity index is 3.06. The molecule has 1 aromatic rings. The highest BCUT2D eigenvalue weighted by Gasteiger charge is 2.20. The van der Waals surface area contributed by atoms with Gasteiger partial charge >= 0.3 is 0 Å². The number of rotatable bonds is 4. The molecule has 1 unspecified atom stereocenters. The summed E-state index contributed by atoms with van der Waals surface area (Å²) in [7, 11) is 0. The summed E-state index contributed by atoms with van der Waals surface area (Å²) in [5.74, 6) is -0.467. The molecule has 0 saturated carbocycles. The molecule has 0 aliphatic heterocycles. The van der Waals surface area contributed by atoms with Crippen LogP contribution in [0, 0.1) is 10.1 Å². The summed E-state index contributed by atoms with van der Waals surface area (Å²) in [6, 6.07) is 3.85. The monoisotopic (exact) mass is 254 g/mol. The van der Waals surface area contributed by atoms with Gasteiger partial charge in [0, 0.05) is 12.1 Å². The molecule has 0 aliphatic carbocycles. The highest BCUT2D eigenvalue weighted by Crippen LogP contribution is 2.27. The quantitative estimate of drug-likeness (QED) is 0.510. The normalized spacial score (nSPS) is 11.6. The molecule has 5 nitrogen and oxygen atoms in total. The first kappa shape index (κ1) is 13.2. The third-order valence-electron chi connectivity index (χ3n) is 2.13. The fourth-order valence-corrected chi connectivity index (χ4v) is 1.46. The Kier molecular flexibility index (Phi) is 4.23. The molecule has 1 atom stereocenters. The Bertz CT molecular complexity index is 474. The Morgan fingerprint density at radius 3 is 2.82 bits per heavy atom. The van der Waals surface area contributed by atoms with Crippen LogP contribution in [0.2, 0.25) is 5.02 Å². The van der Waals surface area contributed by atoms with Gasteiger partial charge < -0.3 is 5.32 Å². The molecule has 0 heterocycles. The molecule has 0 aliphatic rings. The number of hydrogen-bond acceptors (Lipinski definition) is 3. The molecule has 0 aromatic heterocycles. The second-order valence-electron chi connectivity index (χ2n) is 3.39. The zero-order valence-corrected chi connectivity index (χ0v) is 9.90. The molecule has 1 rings (SSSR count). The highest BCUT2D eigenvalue weighted by molar-refractivity contribution is 6.35. The van der Waals surface area contributed by atoms with Crippen molar-refractivity contribution in [3.8, 4) is 0 Å². The van der Waals surface area contributed by atoms with Gasteiger partial charge in [0.05, 0.1) is 10.5 Å². The van der Waals surface area contributed by atoms with Crippen LogP contribution in [0.15, 0.2) is 30.9 Å². The fraction of sp³-hybridized carbons (Fsp3) is 0.182. The van der Waals surface area contributed by atoms with E-state index in [1.807, 2.05) is 0 Å². The summed E-state index contributed by atoms with van der Waals surface area (Å²) in [5.41, 5.74) is -0.208. The molecule has 0 spiro atoms. The van der Waals surface area contributed by atoms with E-state index in [9.17, 15) is 14.9 Å². The number of nitro groups is 1.